The van der Waals surface area contributed by atoms with Crippen molar-refractivity contribution in [2.24, 2.45) is 11.3 Å². The predicted octanol–water partition coefficient (Wildman–Crippen LogP) is 3.22. The average molecular weight is 331 g/mol. The number of piperidine rings is 1. The highest BCUT2D eigenvalue weighted by Gasteiger charge is 2.48. The van der Waals surface area contributed by atoms with E-state index in [-0.39, 0.29) is 5.92 Å². The fraction of sp³-hybridized carbons (Fsp3) is 0.529. The molecule has 0 atom stereocenters. The molecule has 1 saturated carbocycles. The van der Waals surface area contributed by atoms with Gasteiger partial charge in [0.15, 0.2) is 0 Å². The van der Waals surface area contributed by atoms with E-state index in [0.29, 0.717) is 5.41 Å². The smallest absolute Gasteiger partial charge is 0.306 e. The van der Waals surface area contributed by atoms with Crippen molar-refractivity contribution >= 4 is 17.3 Å². The standard InChI is InChI=1S/C17H21N3O2S/c21-16(22)12-8-17(9-12)3-5-20(6-4-17)11-13-10-18-19-15(13)14-2-1-7-23-14/h1-2,7,10,12H,3-6,8-9,11H2,(H,18,19)(H,21,22). The van der Waals surface area contributed by atoms with E-state index < -0.39 is 5.97 Å². The number of hydrogen-bond acceptors (Lipinski definition) is 4. The van der Waals surface area contributed by atoms with Gasteiger partial charge in [0.1, 0.15) is 0 Å². The number of aromatic amines is 1. The van der Waals surface area contributed by atoms with Crippen LogP contribution in [0.4, 0.5) is 0 Å². The van der Waals surface area contributed by atoms with Gasteiger partial charge in [0.2, 0.25) is 0 Å². The van der Waals surface area contributed by atoms with Crippen LogP contribution in [0.5, 0.6) is 0 Å². The minimum Gasteiger partial charge on any atom is -0.481 e. The molecule has 0 amide bonds. The Hall–Kier alpha value is -1.66. The fourth-order valence-corrected chi connectivity index (χ4v) is 4.82. The summed E-state index contributed by atoms with van der Waals surface area (Å²) in [6, 6.07) is 4.18. The number of likely N-dealkylation sites (tertiary alicyclic amines) is 1. The van der Waals surface area contributed by atoms with Gasteiger partial charge in [-0.1, -0.05) is 6.07 Å². The van der Waals surface area contributed by atoms with Crippen LogP contribution in [0.25, 0.3) is 10.6 Å². The summed E-state index contributed by atoms with van der Waals surface area (Å²) in [6.07, 6.45) is 5.94. The quantitative estimate of drug-likeness (QED) is 0.902. The Kier molecular flexibility index (Phi) is 3.73. The summed E-state index contributed by atoms with van der Waals surface area (Å²) in [5, 5.41) is 18.5. The number of hydrogen-bond donors (Lipinski definition) is 2. The largest absolute Gasteiger partial charge is 0.481 e. The first-order valence-corrected chi connectivity index (χ1v) is 9.04. The van der Waals surface area contributed by atoms with Crippen molar-refractivity contribution in [2.75, 3.05) is 13.1 Å². The number of H-pyrrole nitrogens is 1. The molecule has 1 spiro atoms. The minimum absolute atomic E-state index is 0.0964. The highest BCUT2D eigenvalue weighted by molar-refractivity contribution is 7.13. The Morgan fingerprint density at radius 1 is 1.43 bits per heavy atom. The van der Waals surface area contributed by atoms with Crippen LogP contribution in [-0.4, -0.2) is 39.3 Å². The lowest BCUT2D eigenvalue weighted by Crippen LogP contribution is -2.48. The molecule has 5 nitrogen and oxygen atoms in total. The number of aromatic nitrogens is 2. The number of carboxylic acid groups (broad SMARTS) is 1. The summed E-state index contributed by atoms with van der Waals surface area (Å²) in [7, 11) is 0. The Bertz CT molecular complexity index is 679. The monoisotopic (exact) mass is 331 g/mol. The first-order chi connectivity index (χ1) is 11.2. The fourth-order valence-electron chi connectivity index (χ4n) is 4.06. The third-order valence-electron chi connectivity index (χ3n) is 5.50. The number of aliphatic carboxylic acids is 1. The number of nitrogens with one attached hydrogen (secondary N) is 1. The van der Waals surface area contributed by atoms with Crippen molar-refractivity contribution in [2.45, 2.75) is 32.2 Å². The molecule has 1 aliphatic carbocycles. The minimum atomic E-state index is -0.614. The van der Waals surface area contributed by atoms with Crippen LogP contribution >= 0.6 is 11.3 Å². The molecule has 4 rings (SSSR count). The Morgan fingerprint density at radius 3 is 2.87 bits per heavy atom. The van der Waals surface area contributed by atoms with Gasteiger partial charge in [-0.15, -0.1) is 11.3 Å². The normalized spacial score (nSPS) is 21.4. The van der Waals surface area contributed by atoms with E-state index in [1.807, 2.05) is 6.20 Å². The summed E-state index contributed by atoms with van der Waals surface area (Å²) in [4.78, 5) is 14.7. The van der Waals surface area contributed by atoms with Crippen molar-refractivity contribution in [1.29, 1.82) is 0 Å². The Morgan fingerprint density at radius 2 is 2.22 bits per heavy atom. The summed E-state index contributed by atoms with van der Waals surface area (Å²) >= 11 is 1.73. The second kappa shape index (κ2) is 5.76. The first-order valence-electron chi connectivity index (χ1n) is 8.17. The lowest BCUT2D eigenvalue weighted by atomic mass is 9.57. The summed E-state index contributed by atoms with van der Waals surface area (Å²) < 4.78 is 0. The molecule has 2 N–H and O–H groups in total. The zero-order valence-electron chi connectivity index (χ0n) is 13.0. The van der Waals surface area contributed by atoms with Crippen molar-refractivity contribution < 1.29 is 9.90 Å². The van der Waals surface area contributed by atoms with Gasteiger partial charge in [-0.2, -0.15) is 5.10 Å². The average Bonchev–Trinajstić information content (AvgIpc) is 3.16. The molecule has 0 unspecified atom stereocenters. The molecule has 0 aromatic carbocycles. The van der Waals surface area contributed by atoms with Gasteiger partial charge in [0, 0.05) is 12.1 Å². The van der Waals surface area contributed by atoms with Gasteiger partial charge in [-0.05, 0) is 55.6 Å². The molecule has 6 heteroatoms. The highest BCUT2D eigenvalue weighted by Crippen LogP contribution is 2.52. The Balaban J connectivity index is 1.36. The van der Waals surface area contributed by atoms with Crippen LogP contribution in [0.3, 0.4) is 0 Å². The molecule has 3 heterocycles. The lowest BCUT2D eigenvalue weighted by molar-refractivity contribution is -0.152. The number of rotatable bonds is 4. The molecule has 23 heavy (non-hydrogen) atoms. The van der Waals surface area contributed by atoms with Crippen molar-refractivity contribution in [3.05, 3.63) is 29.3 Å². The molecule has 122 valence electrons. The number of thiophene rings is 1. The van der Waals surface area contributed by atoms with E-state index in [1.54, 1.807) is 11.3 Å². The zero-order valence-corrected chi connectivity index (χ0v) is 13.8. The van der Waals surface area contributed by atoms with E-state index in [0.717, 1.165) is 51.0 Å². The van der Waals surface area contributed by atoms with Crippen LogP contribution in [0.2, 0.25) is 0 Å². The van der Waals surface area contributed by atoms with Crippen molar-refractivity contribution in [3.63, 3.8) is 0 Å². The van der Waals surface area contributed by atoms with Gasteiger partial charge in [0.25, 0.3) is 0 Å². The molecule has 1 saturated heterocycles. The molecule has 2 aromatic heterocycles. The first kappa shape index (κ1) is 14.9. The van der Waals surface area contributed by atoms with E-state index >= 15 is 0 Å². The number of carbonyl (C=O) groups is 1. The maximum absolute atomic E-state index is 11.0. The summed E-state index contributed by atoms with van der Waals surface area (Å²) in [5.41, 5.74) is 2.70. The second-order valence-corrected chi connectivity index (χ2v) is 7.91. The molecular formula is C17H21N3O2S. The van der Waals surface area contributed by atoms with Crippen LogP contribution in [0, 0.1) is 11.3 Å². The van der Waals surface area contributed by atoms with Crippen LogP contribution in [-0.2, 0) is 11.3 Å². The molecule has 1 aliphatic heterocycles. The van der Waals surface area contributed by atoms with Gasteiger partial charge in [0.05, 0.1) is 22.7 Å². The van der Waals surface area contributed by atoms with Gasteiger partial charge >= 0.3 is 5.97 Å². The third-order valence-corrected chi connectivity index (χ3v) is 6.39. The lowest BCUT2D eigenvalue weighted by Gasteiger charge is -2.51. The molecular weight excluding hydrogens is 310 g/mol. The van der Waals surface area contributed by atoms with Crippen LogP contribution in [0.1, 0.15) is 31.2 Å². The summed E-state index contributed by atoms with van der Waals surface area (Å²) in [6.45, 7) is 3.03. The summed E-state index contributed by atoms with van der Waals surface area (Å²) in [5.74, 6) is -0.710. The topological polar surface area (TPSA) is 69.2 Å². The maximum Gasteiger partial charge on any atom is 0.306 e. The second-order valence-electron chi connectivity index (χ2n) is 6.97. The van der Waals surface area contributed by atoms with Gasteiger partial charge in [-0.25, -0.2) is 0 Å². The SMILES string of the molecule is O=C(O)C1CC2(CCN(Cc3cn[nH]c3-c3cccs3)CC2)C1. The maximum atomic E-state index is 11.0. The van der Waals surface area contributed by atoms with E-state index in [2.05, 4.69) is 32.6 Å². The predicted molar refractivity (Wildman–Crippen MR) is 89.2 cm³/mol. The number of nitrogens with zero attached hydrogens (tertiary/aromatic N) is 2. The molecule has 2 fully saturated rings. The highest BCUT2D eigenvalue weighted by atomic mass is 32.1. The van der Waals surface area contributed by atoms with E-state index in [1.165, 1.54) is 10.4 Å². The van der Waals surface area contributed by atoms with Gasteiger partial charge in [-0.3, -0.25) is 14.8 Å². The van der Waals surface area contributed by atoms with Crippen molar-refractivity contribution in [1.82, 2.24) is 15.1 Å². The van der Waals surface area contributed by atoms with E-state index in [4.69, 9.17) is 5.11 Å². The van der Waals surface area contributed by atoms with Gasteiger partial charge < -0.3 is 5.11 Å². The molecule has 2 aliphatic rings. The number of carboxylic acids is 1. The molecule has 2 aromatic rings. The molecule has 0 radical (unpaired) electrons. The third kappa shape index (κ3) is 2.81. The van der Waals surface area contributed by atoms with E-state index in [9.17, 15) is 4.79 Å². The zero-order chi connectivity index (χ0) is 15.9. The van der Waals surface area contributed by atoms with Crippen LogP contribution in [0.15, 0.2) is 23.7 Å². The Labute approximate surface area is 139 Å². The van der Waals surface area contributed by atoms with Crippen molar-refractivity contribution in [3.8, 4) is 10.6 Å². The molecule has 0 bridgehead atoms. The van der Waals surface area contributed by atoms with Crippen LogP contribution < -0.4 is 0 Å².